The summed E-state index contributed by atoms with van der Waals surface area (Å²) in [7, 11) is 0.997. The minimum atomic E-state index is -5.00. The van der Waals surface area contributed by atoms with Gasteiger partial charge >= 0.3 is 12.1 Å². The van der Waals surface area contributed by atoms with Crippen molar-refractivity contribution in [3.8, 4) is 0 Å². The summed E-state index contributed by atoms with van der Waals surface area (Å²) in [4.78, 5) is 19.9. The van der Waals surface area contributed by atoms with E-state index in [9.17, 15) is 18.0 Å². The Morgan fingerprint density at radius 3 is 2.61 bits per heavy atom. The summed E-state index contributed by atoms with van der Waals surface area (Å²) in [6.07, 6.45) is -2.10. The van der Waals surface area contributed by atoms with E-state index < -0.39 is 12.1 Å². The van der Waals surface area contributed by atoms with Gasteiger partial charge in [-0.25, -0.2) is 9.97 Å². The number of amides is 1. The van der Waals surface area contributed by atoms with Crippen molar-refractivity contribution >= 4 is 51.3 Å². The maximum atomic E-state index is 12.6. The summed E-state index contributed by atoms with van der Waals surface area (Å²) in [5.41, 5.74) is 1.17. The zero-order chi connectivity index (χ0) is 16.9. The summed E-state index contributed by atoms with van der Waals surface area (Å²) < 4.78 is 39.4. The van der Waals surface area contributed by atoms with Crippen molar-refractivity contribution in [3.05, 3.63) is 34.8 Å². The number of alkyl halides is 3. The summed E-state index contributed by atoms with van der Waals surface area (Å²) in [6, 6.07) is 2.68. The monoisotopic (exact) mass is 362 g/mol. The third kappa shape index (κ3) is 2.57. The number of hydrogen-bond acceptors (Lipinski definition) is 3. The Bertz CT molecular complexity index is 938. The number of halogens is 5. The molecule has 0 saturated carbocycles. The molecule has 0 fully saturated rings. The van der Waals surface area contributed by atoms with Crippen LogP contribution in [0.5, 0.6) is 0 Å². The molecular formula is C13H7Cl2F3N4O. The summed E-state index contributed by atoms with van der Waals surface area (Å²) in [5.74, 6) is -2.03. The molecule has 0 aliphatic carbocycles. The first kappa shape index (κ1) is 15.8. The Kier molecular flexibility index (Phi) is 3.61. The molecule has 0 bridgehead atoms. The highest BCUT2D eigenvalue weighted by molar-refractivity contribution is 6.35. The van der Waals surface area contributed by atoms with Gasteiger partial charge in [-0.1, -0.05) is 23.2 Å². The van der Waals surface area contributed by atoms with Gasteiger partial charge in [0.25, 0.3) is 0 Å². The molecule has 3 aromatic rings. The number of imidazole rings is 1. The van der Waals surface area contributed by atoms with Crippen LogP contribution in [-0.4, -0.2) is 33.5 Å². The van der Waals surface area contributed by atoms with Crippen molar-refractivity contribution in [1.29, 1.82) is 0 Å². The van der Waals surface area contributed by atoms with Crippen LogP contribution in [0.25, 0.3) is 16.6 Å². The molecule has 0 aliphatic heterocycles. The predicted octanol–water partition coefficient (Wildman–Crippen LogP) is 3.71. The lowest BCUT2D eigenvalue weighted by Gasteiger charge is -2.20. The number of fused-ring (bicyclic) bond motifs is 3. The number of hydrogen-bond donors (Lipinski definition) is 0. The second-order valence-corrected chi connectivity index (χ2v) is 5.47. The van der Waals surface area contributed by atoms with Crippen molar-refractivity contribution < 1.29 is 18.0 Å². The minimum Gasteiger partial charge on any atom is -0.306 e. The fourth-order valence-electron chi connectivity index (χ4n) is 2.18. The maximum Gasteiger partial charge on any atom is 0.471 e. The molecule has 0 N–H and O–H groups in total. The molecule has 0 atom stereocenters. The molecule has 5 nitrogen and oxygen atoms in total. The normalized spacial score (nSPS) is 12.1. The molecule has 1 amide bonds. The number of carbonyl (C=O) groups excluding carboxylic acids is 1. The van der Waals surface area contributed by atoms with Crippen molar-refractivity contribution in [1.82, 2.24) is 14.4 Å². The Labute approximate surface area is 137 Å². The molecule has 2 heterocycles. The third-order valence-corrected chi connectivity index (χ3v) is 3.86. The summed E-state index contributed by atoms with van der Waals surface area (Å²) in [5, 5.41) is 0.124. The smallest absolute Gasteiger partial charge is 0.306 e. The van der Waals surface area contributed by atoms with E-state index in [4.69, 9.17) is 23.2 Å². The second-order valence-electron chi connectivity index (χ2n) is 4.71. The lowest BCUT2D eigenvalue weighted by atomic mass is 10.2. The van der Waals surface area contributed by atoms with Crippen molar-refractivity contribution in [2.75, 3.05) is 11.9 Å². The van der Waals surface area contributed by atoms with Crippen LogP contribution < -0.4 is 4.90 Å². The first-order chi connectivity index (χ1) is 10.7. The fraction of sp³-hybridized carbons (Fsp3) is 0.154. The Hall–Kier alpha value is -2.06. The first-order valence-corrected chi connectivity index (χ1v) is 6.91. The molecule has 10 heteroatoms. The summed E-state index contributed by atoms with van der Waals surface area (Å²) in [6.45, 7) is 0. The lowest BCUT2D eigenvalue weighted by Crippen LogP contribution is -2.38. The number of carbonyl (C=O) groups is 1. The van der Waals surface area contributed by atoms with E-state index >= 15 is 0 Å². The molecule has 0 unspecified atom stereocenters. The molecule has 3 rings (SSSR count). The first-order valence-electron chi connectivity index (χ1n) is 6.16. The number of rotatable bonds is 1. The lowest BCUT2D eigenvalue weighted by molar-refractivity contribution is -0.170. The molecule has 2 aromatic heterocycles. The SMILES string of the molecule is CN(C(=O)C(F)(F)F)c1cc2c(cc1Cl)nc(Cl)c1cncn12. The van der Waals surface area contributed by atoms with Crippen LogP contribution in [0, 0.1) is 0 Å². The van der Waals surface area contributed by atoms with Gasteiger partial charge in [-0.2, -0.15) is 13.2 Å². The van der Waals surface area contributed by atoms with E-state index in [1.807, 2.05) is 0 Å². The zero-order valence-electron chi connectivity index (χ0n) is 11.4. The van der Waals surface area contributed by atoms with E-state index in [0.29, 0.717) is 21.5 Å². The third-order valence-electron chi connectivity index (χ3n) is 3.28. The van der Waals surface area contributed by atoms with Gasteiger partial charge in [-0.15, -0.1) is 0 Å². The van der Waals surface area contributed by atoms with Crippen LogP contribution in [0.15, 0.2) is 24.7 Å². The van der Waals surface area contributed by atoms with Gasteiger partial charge in [0, 0.05) is 7.05 Å². The molecule has 0 radical (unpaired) electrons. The second kappa shape index (κ2) is 5.24. The predicted molar refractivity (Wildman–Crippen MR) is 80.0 cm³/mol. The van der Waals surface area contributed by atoms with Gasteiger partial charge in [0.2, 0.25) is 0 Å². The molecule has 23 heavy (non-hydrogen) atoms. The summed E-state index contributed by atoms with van der Waals surface area (Å²) >= 11 is 12.0. The van der Waals surface area contributed by atoms with Crippen LogP contribution in [0.2, 0.25) is 10.2 Å². The van der Waals surface area contributed by atoms with Gasteiger partial charge in [-0.3, -0.25) is 9.20 Å². The maximum absolute atomic E-state index is 12.6. The Morgan fingerprint density at radius 1 is 1.26 bits per heavy atom. The highest BCUT2D eigenvalue weighted by atomic mass is 35.5. The van der Waals surface area contributed by atoms with E-state index in [-0.39, 0.29) is 15.9 Å². The Balaban J connectivity index is 2.25. The van der Waals surface area contributed by atoms with Crippen LogP contribution in [0.4, 0.5) is 18.9 Å². The highest BCUT2D eigenvalue weighted by Crippen LogP contribution is 2.33. The number of benzene rings is 1. The highest BCUT2D eigenvalue weighted by Gasteiger charge is 2.42. The van der Waals surface area contributed by atoms with Crippen LogP contribution in [0.3, 0.4) is 0 Å². The van der Waals surface area contributed by atoms with E-state index in [1.165, 1.54) is 24.7 Å². The standard InChI is InChI=1S/C13H7Cl2F3N4O/c1-21(12(23)13(16,17)18)8-3-9-7(2-6(8)14)20-11(15)10-4-19-5-22(9)10/h2-5H,1H3. The minimum absolute atomic E-state index is 0.0550. The fourth-order valence-corrected chi connectivity index (χ4v) is 2.70. The number of aromatic nitrogens is 3. The van der Waals surface area contributed by atoms with Crippen LogP contribution >= 0.6 is 23.2 Å². The average molecular weight is 363 g/mol. The van der Waals surface area contributed by atoms with Gasteiger partial charge in [-0.05, 0) is 12.1 Å². The topological polar surface area (TPSA) is 50.5 Å². The van der Waals surface area contributed by atoms with Crippen molar-refractivity contribution in [2.24, 2.45) is 0 Å². The quantitative estimate of drug-likeness (QED) is 0.662. The Morgan fingerprint density at radius 2 is 1.96 bits per heavy atom. The largest absolute Gasteiger partial charge is 0.471 e. The van der Waals surface area contributed by atoms with E-state index in [2.05, 4.69) is 9.97 Å². The van der Waals surface area contributed by atoms with Crippen molar-refractivity contribution in [3.63, 3.8) is 0 Å². The molecule has 0 saturated heterocycles. The van der Waals surface area contributed by atoms with E-state index in [0.717, 1.165) is 7.05 Å². The van der Waals surface area contributed by atoms with Gasteiger partial charge in [0.05, 0.1) is 34.3 Å². The van der Waals surface area contributed by atoms with Crippen molar-refractivity contribution in [2.45, 2.75) is 6.18 Å². The van der Waals surface area contributed by atoms with E-state index in [1.54, 1.807) is 4.40 Å². The van der Waals surface area contributed by atoms with Crippen LogP contribution in [-0.2, 0) is 4.79 Å². The molecule has 0 spiro atoms. The number of nitrogens with zero attached hydrogens (tertiary/aromatic N) is 4. The zero-order valence-corrected chi connectivity index (χ0v) is 12.9. The molecule has 0 aliphatic rings. The number of anilines is 1. The van der Waals surface area contributed by atoms with Gasteiger partial charge in [0.1, 0.15) is 5.52 Å². The van der Waals surface area contributed by atoms with Crippen LogP contribution in [0.1, 0.15) is 0 Å². The van der Waals surface area contributed by atoms with Gasteiger partial charge in [0.15, 0.2) is 5.15 Å². The van der Waals surface area contributed by atoms with Gasteiger partial charge < -0.3 is 4.90 Å². The molecular weight excluding hydrogens is 356 g/mol. The average Bonchev–Trinajstić information content (AvgIpc) is 2.94. The molecule has 120 valence electrons. The molecule has 1 aromatic carbocycles.